The average Bonchev–Trinajstić information content (AvgIpc) is 2.98. The highest BCUT2D eigenvalue weighted by molar-refractivity contribution is 6.33. The van der Waals surface area contributed by atoms with Crippen LogP contribution in [0.5, 0.6) is 6.01 Å². The third kappa shape index (κ3) is 3.31. The maximum atomic E-state index is 12.4. The van der Waals surface area contributed by atoms with E-state index in [2.05, 4.69) is 9.97 Å². The summed E-state index contributed by atoms with van der Waals surface area (Å²) >= 11 is 11.8. The molecule has 22 heavy (non-hydrogen) atoms. The van der Waals surface area contributed by atoms with Crippen molar-refractivity contribution in [3.63, 3.8) is 0 Å². The van der Waals surface area contributed by atoms with Crippen LogP contribution < -0.4 is 4.74 Å². The highest BCUT2D eigenvalue weighted by Crippen LogP contribution is 2.21. The summed E-state index contributed by atoms with van der Waals surface area (Å²) in [6.07, 6.45) is 3.55. The number of halogens is 2. The Kier molecular flexibility index (Phi) is 4.45. The van der Waals surface area contributed by atoms with Crippen molar-refractivity contribution >= 4 is 29.1 Å². The summed E-state index contributed by atoms with van der Waals surface area (Å²) in [5.74, 6) is -0.0891. The van der Waals surface area contributed by atoms with Crippen molar-refractivity contribution in [2.24, 2.45) is 0 Å². The van der Waals surface area contributed by atoms with Gasteiger partial charge in [0.15, 0.2) is 0 Å². The molecule has 0 N–H and O–H groups in total. The van der Waals surface area contributed by atoms with Crippen LogP contribution in [0.25, 0.3) is 0 Å². The molecule has 0 unspecified atom stereocenters. The van der Waals surface area contributed by atoms with Gasteiger partial charge in [0, 0.05) is 13.0 Å². The molecule has 1 saturated heterocycles. The zero-order valence-corrected chi connectivity index (χ0v) is 13.1. The van der Waals surface area contributed by atoms with Crippen LogP contribution in [0.3, 0.4) is 0 Å². The van der Waals surface area contributed by atoms with Crippen LogP contribution in [-0.2, 0) is 0 Å². The first-order valence-electron chi connectivity index (χ1n) is 6.81. The van der Waals surface area contributed by atoms with E-state index in [0.717, 1.165) is 6.42 Å². The molecule has 1 aliphatic rings. The second kappa shape index (κ2) is 6.50. The number of carbonyl (C=O) groups is 1. The zero-order chi connectivity index (χ0) is 15.5. The molecule has 0 radical (unpaired) electrons. The van der Waals surface area contributed by atoms with Crippen LogP contribution >= 0.6 is 23.2 Å². The summed E-state index contributed by atoms with van der Waals surface area (Å²) < 4.78 is 5.67. The standard InChI is InChI=1S/C15H13Cl2N3O2/c16-10-7-18-15(19-8-10)22-11-5-6-20(9-11)14(21)12-3-1-2-4-13(12)17/h1-4,7-8,11H,5-6,9H2/t11-/m1/s1. The average molecular weight is 338 g/mol. The number of carbonyl (C=O) groups excluding carboxylic acids is 1. The topological polar surface area (TPSA) is 55.3 Å². The summed E-state index contributed by atoms with van der Waals surface area (Å²) in [4.78, 5) is 22.2. The van der Waals surface area contributed by atoms with Gasteiger partial charge in [-0.25, -0.2) is 9.97 Å². The van der Waals surface area contributed by atoms with Crippen molar-refractivity contribution < 1.29 is 9.53 Å². The SMILES string of the molecule is O=C(c1ccccc1Cl)N1CC[C@@H](Oc2ncc(Cl)cn2)C1. The van der Waals surface area contributed by atoms with Gasteiger partial charge >= 0.3 is 6.01 Å². The third-order valence-electron chi connectivity index (χ3n) is 3.41. The van der Waals surface area contributed by atoms with Crippen LogP contribution in [0, 0.1) is 0 Å². The Morgan fingerprint density at radius 3 is 2.68 bits per heavy atom. The normalized spacial score (nSPS) is 17.5. The summed E-state index contributed by atoms with van der Waals surface area (Å²) in [6, 6.07) is 7.29. The lowest BCUT2D eigenvalue weighted by Gasteiger charge is -2.17. The number of benzene rings is 1. The monoisotopic (exact) mass is 337 g/mol. The van der Waals surface area contributed by atoms with E-state index in [1.165, 1.54) is 12.4 Å². The van der Waals surface area contributed by atoms with Crippen molar-refractivity contribution in [2.45, 2.75) is 12.5 Å². The van der Waals surface area contributed by atoms with E-state index >= 15 is 0 Å². The molecule has 0 saturated carbocycles. The van der Waals surface area contributed by atoms with Crippen molar-refractivity contribution in [3.8, 4) is 6.01 Å². The summed E-state index contributed by atoms with van der Waals surface area (Å²) in [5.41, 5.74) is 0.507. The molecule has 114 valence electrons. The van der Waals surface area contributed by atoms with Gasteiger partial charge in [0.2, 0.25) is 0 Å². The molecule has 5 nitrogen and oxygen atoms in total. The van der Waals surface area contributed by atoms with Gasteiger partial charge in [-0.15, -0.1) is 0 Å². The molecule has 3 rings (SSSR count). The molecule has 1 amide bonds. The fourth-order valence-corrected chi connectivity index (χ4v) is 2.64. The summed E-state index contributed by atoms with van der Waals surface area (Å²) in [6.45, 7) is 1.10. The highest BCUT2D eigenvalue weighted by atomic mass is 35.5. The number of hydrogen-bond donors (Lipinski definition) is 0. The van der Waals surface area contributed by atoms with Gasteiger partial charge in [0.05, 0.1) is 34.5 Å². The highest BCUT2D eigenvalue weighted by Gasteiger charge is 2.29. The second-order valence-corrected chi connectivity index (χ2v) is 5.79. The van der Waals surface area contributed by atoms with Gasteiger partial charge in [0.1, 0.15) is 6.10 Å². The number of nitrogens with zero attached hydrogens (tertiary/aromatic N) is 3. The van der Waals surface area contributed by atoms with E-state index in [9.17, 15) is 4.79 Å². The van der Waals surface area contributed by atoms with Crippen LogP contribution in [0.4, 0.5) is 0 Å². The van der Waals surface area contributed by atoms with Gasteiger partial charge in [0.25, 0.3) is 5.91 Å². The molecule has 1 fully saturated rings. The molecule has 7 heteroatoms. The number of rotatable bonds is 3. The smallest absolute Gasteiger partial charge is 0.316 e. The first kappa shape index (κ1) is 15.1. The molecule has 1 atom stereocenters. The minimum absolute atomic E-state index is 0.0891. The fourth-order valence-electron chi connectivity index (χ4n) is 2.32. The van der Waals surface area contributed by atoms with E-state index in [4.69, 9.17) is 27.9 Å². The predicted octanol–water partition coefficient (Wildman–Crippen LogP) is 3.08. The quantitative estimate of drug-likeness (QED) is 0.863. The molecule has 1 aromatic heterocycles. The van der Waals surface area contributed by atoms with Gasteiger partial charge in [-0.2, -0.15) is 0 Å². The second-order valence-electron chi connectivity index (χ2n) is 4.94. The summed E-state index contributed by atoms with van der Waals surface area (Å²) in [7, 11) is 0. The van der Waals surface area contributed by atoms with E-state index in [0.29, 0.717) is 28.7 Å². The number of aromatic nitrogens is 2. The maximum Gasteiger partial charge on any atom is 0.316 e. The first-order valence-corrected chi connectivity index (χ1v) is 7.57. The lowest BCUT2D eigenvalue weighted by molar-refractivity contribution is 0.0770. The predicted molar refractivity (Wildman–Crippen MR) is 83.4 cm³/mol. The Bertz CT molecular complexity index is 679. The van der Waals surface area contributed by atoms with E-state index in [1.54, 1.807) is 29.2 Å². The Balaban J connectivity index is 1.63. The molecular formula is C15H13Cl2N3O2. The largest absolute Gasteiger partial charge is 0.458 e. The maximum absolute atomic E-state index is 12.4. The molecule has 1 aromatic carbocycles. The fraction of sp³-hybridized carbons (Fsp3) is 0.267. The number of hydrogen-bond acceptors (Lipinski definition) is 4. The molecule has 0 aliphatic carbocycles. The van der Waals surface area contributed by atoms with Gasteiger partial charge in [-0.05, 0) is 12.1 Å². The van der Waals surface area contributed by atoms with Gasteiger partial charge < -0.3 is 9.64 Å². The number of likely N-dealkylation sites (tertiary alicyclic amines) is 1. The third-order valence-corrected chi connectivity index (χ3v) is 3.93. The van der Waals surface area contributed by atoms with E-state index in [1.807, 2.05) is 0 Å². The van der Waals surface area contributed by atoms with Crippen LogP contribution in [-0.4, -0.2) is 40.0 Å². The Morgan fingerprint density at radius 2 is 1.95 bits per heavy atom. The molecule has 0 spiro atoms. The Hall–Kier alpha value is -1.85. The number of ether oxygens (including phenoxy) is 1. The van der Waals surface area contributed by atoms with E-state index < -0.39 is 0 Å². The zero-order valence-electron chi connectivity index (χ0n) is 11.6. The van der Waals surface area contributed by atoms with Crippen molar-refractivity contribution in [1.82, 2.24) is 14.9 Å². The minimum Gasteiger partial charge on any atom is -0.458 e. The Morgan fingerprint density at radius 1 is 1.23 bits per heavy atom. The molecule has 2 heterocycles. The molecule has 0 bridgehead atoms. The molecule has 1 aliphatic heterocycles. The lowest BCUT2D eigenvalue weighted by atomic mass is 10.2. The number of amides is 1. The van der Waals surface area contributed by atoms with E-state index in [-0.39, 0.29) is 18.0 Å². The van der Waals surface area contributed by atoms with Crippen molar-refractivity contribution in [3.05, 3.63) is 52.3 Å². The van der Waals surface area contributed by atoms with Crippen molar-refractivity contribution in [1.29, 1.82) is 0 Å². The summed E-state index contributed by atoms with van der Waals surface area (Å²) in [5, 5.41) is 0.909. The van der Waals surface area contributed by atoms with Crippen LogP contribution in [0.1, 0.15) is 16.8 Å². The van der Waals surface area contributed by atoms with Gasteiger partial charge in [-0.1, -0.05) is 35.3 Å². The first-order chi connectivity index (χ1) is 10.6. The van der Waals surface area contributed by atoms with Crippen LogP contribution in [0.15, 0.2) is 36.7 Å². The van der Waals surface area contributed by atoms with Crippen molar-refractivity contribution in [2.75, 3.05) is 13.1 Å². The van der Waals surface area contributed by atoms with Gasteiger partial charge in [-0.3, -0.25) is 4.79 Å². The lowest BCUT2D eigenvalue weighted by Crippen LogP contribution is -2.31. The van der Waals surface area contributed by atoms with Crippen LogP contribution in [0.2, 0.25) is 10.0 Å². The molecular weight excluding hydrogens is 325 g/mol. The molecule has 2 aromatic rings. The minimum atomic E-state index is -0.132. The Labute approximate surface area is 137 Å².